The van der Waals surface area contributed by atoms with Crippen LogP contribution in [0.5, 0.6) is 0 Å². The summed E-state index contributed by atoms with van der Waals surface area (Å²) >= 11 is 0.941. The van der Waals surface area contributed by atoms with Gasteiger partial charge in [0, 0.05) is 18.0 Å². The van der Waals surface area contributed by atoms with Gasteiger partial charge in [0.15, 0.2) is 0 Å². The highest BCUT2D eigenvalue weighted by atomic mass is 32.2. The minimum absolute atomic E-state index is 0.0882. The lowest BCUT2D eigenvalue weighted by Crippen LogP contribution is -2.29. The van der Waals surface area contributed by atoms with Crippen molar-refractivity contribution in [2.24, 2.45) is 0 Å². The average Bonchev–Trinajstić information content (AvgIpc) is 2.95. The van der Waals surface area contributed by atoms with Crippen LogP contribution in [0.25, 0.3) is 0 Å². The molecule has 5 nitrogen and oxygen atoms in total. The number of sulfonamides is 1. The molecule has 1 unspecified atom stereocenters. The summed E-state index contributed by atoms with van der Waals surface area (Å²) in [5.74, 6) is -1.40. The summed E-state index contributed by atoms with van der Waals surface area (Å²) in [6.07, 6.45) is -0.211. The maximum absolute atomic E-state index is 13.0. The molecule has 0 aliphatic rings. The molecule has 1 heterocycles. The molecule has 1 N–H and O–H groups in total. The summed E-state index contributed by atoms with van der Waals surface area (Å²) in [5.41, 5.74) is 0.666. The van der Waals surface area contributed by atoms with Crippen LogP contribution in [0.1, 0.15) is 23.4 Å². The van der Waals surface area contributed by atoms with Gasteiger partial charge in [-0.2, -0.15) is 4.31 Å². The number of rotatable bonds is 6. The molecule has 0 aliphatic heterocycles. The number of carboxylic acids is 1. The van der Waals surface area contributed by atoms with Crippen LogP contribution in [0, 0.1) is 5.82 Å². The maximum atomic E-state index is 13.0. The van der Waals surface area contributed by atoms with Gasteiger partial charge in [0.25, 0.3) is 10.0 Å². The standard InChI is InChI=1S/C15H16FNO4S2/c1-10(11-3-5-12(16)6-4-11)17(2)23(20,21)15-8-7-13(22-15)9-14(18)19/h3-8,10H,9H2,1-2H3,(H,18,19). The highest BCUT2D eigenvalue weighted by Gasteiger charge is 2.28. The molecule has 1 atom stereocenters. The second-order valence-electron chi connectivity index (χ2n) is 5.04. The summed E-state index contributed by atoms with van der Waals surface area (Å²) < 4.78 is 39.5. The van der Waals surface area contributed by atoms with Crippen molar-refractivity contribution in [1.82, 2.24) is 4.31 Å². The third-order valence-corrected chi connectivity index (χ3v) is 6.97. The molecule has 2 aromatic rings. The van der Waals surface area contributed by atoms with Gasteiger partial charge in [0.1, 0.15) is 10.0 Å². The van der Waals surface area contributed by atoms with Gasteiger partial charge in [0.05, 0.1) is 6.42 Å². The summed E-state index contributed by atoms with van der Waals surface area (Å²) in [6, 6.07) is 8.07. The van der Waals surface area contributed by atoms with Crippen molar-refractivity contribution in [2.45, 2.75) is 23.6 Å². The Hall–Kier alpha value is -1.77. The molecular formula is C15H16FNO4S2. The topological polar surface area (TPSA) is 74.7 Å². The van der Waals surface area contributed by atoms with Crippen LogP contribution in [0.15, 0.2) is 40.6 Å². The fourth-order valence-corrected chi connectivity index (χ4v) is 4.93. The van der Waals surface area contributed by atoms with E-state index in [2.05, 4.69) is 0 Å². The largest absolute Gasteiger partial charge is 0.481 e. The zero-order valence-electron chi connectivity index (χ0n) is 12.6. The number of hydrogen-bond acceptors (Lipinski definition) is 4. The molecule has 0 amide bonds. The van der Waals surface area contributed by atoms with E-state index >= 15 is 0 Å². The van der Waals surface area contributed by atoms with Crippen molar-refractivity contribution in [3.63, 3.8) is 0 Å². The van der Waals surface area contributed by atoms with Gasteiger partial charge in [-0.25, -0.2) is 12.8 Å². The Bertz CT molecular complexity index is 799. The van der Waals surface area contributed by atoms with Gasteiger partial charge >= 0.3 is 5.97 Å². The van der Waals surface area contributed by atoms with Crippen molar-refractivity contribution in [2.75, 3.05) is 7.05 Å². The second kappa shape index (κ2) is 6.77. The first-order chi connectivity index (χ1) is 10.7. The van der Waals surface area contributed by atoms with Gasteiger partial charge < -0.3 is 5.11 Å². The Morgan fingerprint density at radius 1 is 1.26 bits per heavy atom. The predicted octanol–water partition coefficient (Wildman–Crippen LogP) is 2.90. The number of thiophene rings is 1. The Morgan fingerprint density at radius 3 is 2.43 bits per heavy atom. The van der Waals surface area contributed by atoms with Crippen molar-refractivity contribution >= 4 is 27.3 Å². The lowest BCUT2D eigenvalue weighted by atomic mass is 10.1. The summed E-state index contributed by atoms with van der Waals surface area (Å²) in [7, 11) is -2.30. The SMILES string of the molecule is CC(c1ccc(F)cc1)N(C)S(=O)(=O)c1ccc(CC(=O)O)s1. The molecule has 1 aromatic heterocycles. The zero-order valence-corrected chi connectivity index (χ0v) is 14.2. The molecule has 0 bridgehead atoms. The Morgan fingerprint density at radius 2 is 1.87 bits per heavy atom. The average molecular weight is 357 g/mol. The lowest BCUT2D eigenvalue weighted by Gasteiger charge is -2.24. The van der Waals surface area contributed by atoms with E-state index in [-0.39, 0.29) is 16.4 Å². The van der Waals surface area contributed by atoms with Crippen molar-refractivity contribution in [1.29, 1.82) is 0 Å². The lowest BCUT2D eigenvalue weighted by molar-refractivity contribution is -0.136. The van der Waals surface area contributed by atoms with Crippen LogP contribution in [-0.4, -0.2) is 30.8 Å². The first-order valence-electron chi connectivity index (χ1n) is 6.76. The fourth-order valence-electron chi connectivity index (χ4n) is 2.04. The van der Waals surface area contributed by atoms with E-state index in [1.54, 1.807) is 6.92 Å². The molecule has 1 aromatic carbocycles. The van der Waals surface area contributed by atoms with Crippen molar-refractivity contribution in [3.8, 4) is 0 Å². The first-order valence-corrected chi connectivity index (χ1v) is 9.01. The van der Waals surface area contributed by atoms with E-state index in [0.717, 1.165) is 11.3 Å². The normalized spacial score (nSPS) is 13.2. The van der Waals surface area contributed by atoms with Crippen LogP contribution in [-0.2, 0) is 21.2 Å². The highest BCUT2D eigenvalue weighted by Crippen LogP contribution is 2.30. The number of nitrogens with zero attached hydrogens (tertiary/aromatic N) is 1. The molecule has 0 radical (unpaired) electrons. The van der Waals surface area contributed by atoms with E-state index in [0.29, 0.717) is 10.4 Å². The van der Waals surface area contributed by atoms with E-state index in [1.165, 1.54) is 47.8 Å². The third kappa shape index (κ3) is 3.95. The van der Waals surface area contributed by atoms with Gasteiger partial charge in [-0.05, 0) is 36.8 Å². The zero-order chi connectivity index (χ0) is 17.2. The van der Waals surface area contributed by atoms with Crippen LogP contribution < -0.4 is 0 Å². The molecule has 23 heavy (non-hydrogen) atoms. The van der Waals surface area contributed by atoms with E-state index in [9.17, 15) is 17.6 Å². The molecule has 0 spiro atoms. The monoisotopic (exact) mass is 357 g/mol. The number of hydrogen-bond donors (Lipinski definition) is 1. The van der Waals surface area contributed by atoms with E-state index in [4.69, 9.17) is 5.11 Å². The maximum Gasteiger partial charge on any atom is 0.308 e. The van der Waals surface area contributed by atoms with Crippen molar-refractivity contribution in [3.05, 3.63) is 52.7 Å². The molecule has 0 saturated carbocycles. The van der Waals surface area contributed by atoms with Crippen molar-refractivity contribution < 1.29 is 22.7 Å². The Kier molecular flexibility index (Phi) is 5.18. The molecule has 0 fully saturated rings. The minimum Gasteiger partial charge on any atom is -0.481 e. The van der Waals surface area contributed by atoms with Gasteiger partial charge in [-0.15, -0.1) is 11.3 Å². The highest BCUT2D eigenvalue weighted by molar-refractivity contribution is 7.91. The molecule has 0 saturated heterocycles. The Labute approximate surface area is 138 Å². The number of benzene rings is 1. The smallest absolute Gasteiger partial charge is 0.308 e. The molecule has 8 heteroatoms. The number of aliphatic carboxylic acids is 1. The Balaban J connectivity index is 2.25. The number of carbonyl (C=O) groups is 1. The van der Waals surface area contributed by atoms with E-state index in [1.807, 2.05) is 0 Å². The molecule has 124 valence electrons. The first kappa shape index (κ1) is 17.6. The number of carboxylic acid groups (broad SMARTS) is 1. The molecule has 2 rings (SSSR count). The van der Waals surface area contributed by atoms with Crippen LogP contribution in [0.2, 0.25) is 0 Å². The number of halogens is 1. The summed E-state index contributed by atoms with van der Waals surface area (Å²) in [5, 5.41) is 8.76. The second-order valence-corrected chi connectivity index (χ2v) is 8.43. The minimum atomic E-state index is -3.75. The third-order valence-electron chi connectivity index (χ3n) is 3.49. The summed E-state index contributed by atoms with van der Waals surface area (Å²) in [6.45, 7) is 1.70. The molecular weight excluding hydrogens is 341 g/mol. The van der Waals surface area contributed by atoms with Crippen LogP contribution in [0.4, 0.5) is 4.39 Å². The van der Waals surface area contributed by atoms with Gasteiger partial charge in [0.2, 0.25) is 0 Å². The van der Waals surface area contributed by atoms with E-state index < -0.39 is 22.0 Å². The van der Waals surface area contributed by atoms with Gasteiger partial charge in [-0.1, -0.05) is 12.1 Å². The summed E-state index contributed by atoms with van der Waals surface area (Å²) in [4.78, 5) is 11.2. The van der Waals surface area contributed by atoms with Crippen LogP contribution in [0.3, 0.4) is 0 Å². The van der Waals surface area contributed by atoms with Gasteiger partial charge in [-0.3, -0.25) is 4.79 Å². The predicted molar refractivity (Wildman–Crippen MR) is 85.4 cm³/mol. The fraction of sp³-hybridized carbons (Fsp3) is 0.267. The van der Waals surface area contributed by atoms with Crippen LogP contribution >= 0.6 is 11.3 Å². The quantitative estimate of drug-likeness (QED) is 0.863. The molecule has 0 aliphatic carbocycles.